The van der Waals surface area contributed by atoms with Crippen LogP contribution in [0.4, 0.5) is 4.39 Å². The molecule has 0 aliphatic heterocycles. The van der Waals surface area contributed by atoms with Crippen molar-refractivity contribution in [1.29, 1.82) is 0 Å². The fraction of sp³-hybridized carbons (Fsp3) is 0.304. The molecular formula is C23H27FO3. The molecule has 1 aliphatic rings. The van der Waals surface area contributed by atoms with E-state index in [0.717, 1.165) is 17.2 Å². The monoisotopic (exact) mass is 370 g/mol. The number of benzene rings is 1. The molecule has 3 nitrogen and oxygen atoms in total. The van der Waals surface area contributed by atoms with Gasteiger partial charge in [0.1, 0.15) is 5.82 Å². The standard InChI is InChI=1S/C21H21FO3.C2H6/c1-14(10-21(24)25)6-9-20-15(2)11-19(23)13-17(20)8-7-16-4-3-5-18(22)12-16;1-2/h3-10,12-13,15,20H,11H2,1-2H3,(H,24,25);1-2H3/b8-7+,9-6+,14-10+;. The van der Waals surface area contributed by atoms with Crippen molar-refractivity contribution >= 4 is 17.8 Å². The van der Waals surface area contributed by atoms with Crippen LogP contribution in [0.25, 0.3) is 6.08 Å². The van der Waals surface area contributed by atoms with E-state index >= 15 is 0 Å². The van der Waals surface area contributed by atoms with E-state index in [0.29, 0.717) is 12.0 Å². The van der Waals surface area contributed by atoms with Crippen molar-refractivity contribution in [3.8, 4) is 0 Å². The average Bonchev–Trinajstić information content (AvgIpc) is 2.60. The second kappa shape index (κ2) is 11.1. The van der Waals surface area contributed by atoms with Gasteiger partial charge in [-0.05, 0) is 47.8 Å². The third-order valence-corrected chi connectivity index (χ3v) is 4.08. The second-order valence-electron chi connectivity index (χ2n) is 6.29. The van der Waals surface area contributed by atoms with E-state index in [-0.39, 0.29) is 23.4 Å². The van der Waals surface area contributed by atoms with E-state index in [1.165, 1.54) is 12.1 Å². The normalized spacial score (nSPS) is 20.4. The highest BCUT2D eigenvalue weighted by atomic mass is 19.1. The zero-order valence-electron chi connectivity index (χ0n) is 16.3. The molecule has 0 aromatic heterocycles. The predicted molar refractivity (Wildman–Crippen MR) is 108 cm³/mol. The lowest BCUT2D eigenvalue weighted by Crippen LogP contribution is -2.20. The third-order valence-electron chi connectivity index (χ3n) is 4.08. The molecule has 0 saturated heterocycles. The summed E-state index contributed by atoms with van der Waals surface area (Å²) < 4.78 is 13.3. The van der Waals surface area contributed by atoms with Crippen LogP contribution in [0.3, 0.4) is 0 Å². The van der Waals surface area contributed by atoms with Gasteiger partial charge in [0.15, 0.2) is 5.78 Å². The summed E-state index contributed by atoms with van der Waals surface area (Å²) >= 11 is 0. The Morgan fingerprint density at radius 3 is 2.59 bits per heavy atom. The van der Waals surface area contributed by atoms with E-state index in [1.54, 1.807) is 37.3 Å². The van der Waals surface area contributed by atoms with Crippen LogP contribution in [0, 0.1) is 17.7 Å². The first-order chi connectivity index (χ1) is 12.8. The Kier molecular flexibility index (Phi) is 9.14. The highest BCUT2D eigenvalue weighted by molar-refractivity contribution is 5.92. The summed E-state index contributed by atoms with van der Waals surface area (Å²) in [7, 11) is 0. The van der Waals surface area contributed by atoms with E-state index in [9.17, 15) is 14.0 Å². The van der Waals surface area contributed by atoms with Crippen molar-refractivity contribution in [2.24, 2.45) is 11.8 Å². The van der Waals surface area contributed by atoms with Crippen LogP contribution in [0.15, 0.2) is 65.8 Å². The molecule has 0 heterocycles. The molecule has 0 bridgehead atoms. The molecule has 0 spiro atoms. The molecule has 0 amide bonds. The Morgan fingerprint density at radius 1 is 1.26 bits per heavy atom. The van der Waals surface area contributed by atoms with E-state index in [1.807, 2.05) is 32.9 Å². The number of allylic oxidation sites excluding steroid dienone is 6. The fourth-order valence-corrected chi connectivity index (χ4v) is 2.87. The Balaban J connectivity index is 0.00000176. The maximum atomic E-state index is 13.3. The van der Waals surface area contributed by atoms with Crippen molar-refractivity contribution in [3.63, 3.8) is 0 Å². The molecule has 4 heteroatoms. The molecule has 0 radical (unpaired) electrons. The lowest BCUT2D eigenvalue weighted by Gasteiger charge is -2.25. The highest BCUT2D eigenvalue weighted by Gasteiger charge is 2.24. The van der Waals surface area contributed by atoms with Crippen molar-refractivity contribution < 1.29 is 19.1 Å². The molecule has 1 aromatic carbocycles. The van der Waals surface area contributed by atoms with Gasteiger partial charge in [0.05, 0.1) is 0 Å². The van der Waals surface area contributed by atoms with Crippen molar-refractivity contribution in [2.75, 3.05) is 0 Å². The minimum absolute atomic E-state index is 0.000320. The zero-order chi connectivity index (χ0) is 20.4. The first kappa shape index (κ1) is 22.3. The summed E-state index contributed by atoms with van der Waals surface area (Å²) in [6.45, 7) is 7.71. The minimum Gasteiger partial charge on any atom is -0.478 e. The third kappa shape index (κ3) is 7.57. The topological polar surface area (TPSA) is 54.4 Å². The van der Waals surface area contributed by atoms with Crippen molar-refractivity contribution in [1.82, 2.24) is 0 Å². The number of hydrogen-bond donors (Lipinski definition) is 1. The predicted octanol–water partition coefficient (Wildman–Crippen LogP) is 5.60. The van der Waals surface area contributed by atoms with Gasteiger partial charge >= 0.3 is 5.97 Å². The van der Waals surface area contributed by atoms with Gasteiger partial charge in [0.2, 0.25) is 0 Å². The van der Waals surface area contributed by atoms with Gasteiger partial charge in [-0.15, -0.1) is 0 Å². The first-order valence-electron chi connectivity index (χ1n) is 9.12. The molecule has 2 atom stereocenters. The Morgan fingerprint density at radius 2 is 1.96 bits per heavy atom. The van der Waals surface area contributed by atoms with Gasteiger partial charge in [-0.25, -0.2) is 9.18 Å². The van der Waals surface area contributed by atoms with Crippen LogP contribution in [-0.4, -0.2) is 16.9 Å². The van der Waals surface area contributed by atoms with Gasteiger partial charge in [0.25, 0.3) is 0 Å². The maximum Gasteiger partial charge on any atom is 0.328 e. The number of hydrogen-bond acceptors (Lipinski definition) is 2. The van der Waals surface area contributed by atoms with E-state index in [2.05, 4.69) is 0 Å². The van der Waals surface area contributed by atoms with Gasteiger partial charge in [-0.1, -0.05) is 57.2 Å². The van der Waals surface area contributed by atoms with Crippen LogP contribution >= 0.6 is 0 Å². The number of rotatable bonds is 5. The molecule has 1 N–H and O–H groups in total. The van der Waals surface area contributed by atoms with Crippen molar-refractivity contribution in [2.45, 2.75) is 34.1 Å². The van der Waals surface area contributed by atoms with Gasteiger partial charge in [-0.2, -0.15) is 0 Å². The SMILES string of the molecule is CC.CC(/C=C/C1C(/C=C/c2cccc(F)c2)=CC(=O)CC1C)=C\C(=O)O. The van der Waals surface area contributed by atoms with E-state index < -0.39 is 5.97 Å². The van der Waals surface area contributed by atoms with Crippen molar-refractivity contribution in [3.05, 3.63) is 77.2 Å². The number of aliphatic carboxylic acids is 1. The van der Waals surface area contributed by atoms with Crippen LogP contribution in [0.5, 0.6) is 0 Å². The zero-order valence-corrected chi connectivity index (χ0v) is 16.3. The Bertz CT molecular complexity index is 785. The Hall–Kier alpha value is -2.75. The summed E-state index contributed by atoms with van der Waals surface area (Å²) in [4.78, 5) is 22.6. The summed E-state index contributed by atoms with van der Waals surface area (Å²) in [6.07, 6.45) is 10.5. The summed E-state index contributed by atoms with van der Waals surface area (Å²) in [6, 6.07) is 6.23. The van der Waals surface area contributed by atoms with E-state index in [4.69, 9.17) is 5.11 Å². The highest BCUT2D eigenvalue weighted by Crippen LogP contribution is 2.31. The molecule has 0 fully saturated rings. The maximum absolute atomic E-state index is 13.3. The number of carboxylic acid groups (broad SMARTS) is 1. The number of carbonyl (C=O) groups is 2. The quantitative estimate of drug-likeness (QED) is 0.542. The second-order valence-corrected chi connectivity index (χ2v) is 6.29. The lowest BCUT2D eigenvalue weighted by atomic mass is 9.78. The summed E-state index contributed by atoms with van der Waals surface area (Å²) in [5, 5.41) is 8.78. The fourth-order valence-electron chi connectivity index (χ4n) is 2.87. The molecule has 27 heavy (non-hydrogen) atoms. The molecular weight excluding hydrogens is 343 g/mol. The van der Waals surface area contributed by atoms with Gasteiger partial charge in [0, 0.05) is 18.4 Å². The average molecular weight is 370 g/mol. The number of halogens is 1. The van der Waals surface area contributed by atoms with Crippen LogP contribution < -0.4 is 0 Å². The molecule has 2 rings (SSSR count). The van der Waals surface area contributed by atoms with Crippen LogP contribution in [0.2, 0.25) is 0 Å². The first-order valence-corrected chi connectivity index (χ1v) is 9.12. The summed E-state index contributed by atoms with van der Waals surface area (Å²) in [5.74, 6) is -1.13. The van der Waals surface area contributed by atoms with Gasteiger partial charge < -0.3 is 5.11 Å². The number of ketones is 1. The Labute approximate surface area is 160 Å². The van der Waals surface area contributed by atoms with Crippen LogP contribution in [-0.2, 0) is 9.59 Å². The molecule has 144 valence electrons. The molecule has 0 saturated carbocycles. The van der Waals surface area contributed by atoms with Crippen LogP contribution in [0.1, 0.15) is 39.7 Å². The molecule has 2 unspecified atom stereocenters. The summed E-state index contributed by atoms with van der Waals surface area (Å²) in [5.41, 5.74) is 2.19. The molecule has 1 aromatic rings. The lowest BCUT2D eigenvalue weighted by molar-refractivity contribution is -0.131. The number of carbonyl (C=O) groups excluding carboxylic acids is 1. The number of carboxylic acids is 1. The largest absolute Gasteiger partial charge is 0.478 e. The minimum atomic E-state index is -0.990. The molecule has 1 aliphatic carbocycles. The van der Waals surface area contributed by atoms with Gasteiger partial charge in [-0.3, -0.25) is 4.79 Å². The smallest absolute Gasteiger partial charge is 0.328 e.